The molecule has 5 heteroatoms. The van der Waals surface area contributed by atoms with Crippen molar-refractivity contribution in [3.63, 3.8) is 0 Å². The third-order valence-electron chi connectivity index (χ3n) is 3.50. The van der Waals surface area contributed by atoms with E-state index in [-0.39, 0.29) is 6.04 Å². The fourth-order valence-electron chi connectivity index (χ4n) is 2.14. The summed E-state index contributed by atoms with van der Waals surface area (Å²) in [6.07, 6.45) is 7.65. The van der Waals surface area contributed by atoms with Crippen molar-refractivity contribution in [1.29, 1.82) is 0 Å². The van der Waals surface area contributed by atoms with Gasteiger partial charge in [0.15, 0.2) is 5.96 Å². The molecule has 1 fully saturated rings. The van der Waals surface area contributed by atoms with Gasteiger partial charge in [-0.3, -0.25) is 0 Å². The van der Waals surface area contributed by atoms with E-state index in [0.717, 1.165) is 23.0 Å². The Morgan fingerprint density at radius 2 is 2.18 bits per heavy atom. The van der Waals surface area contributed by atoms with Crippen molar-refractivity contribution >= 4 is 5.96 Å². The van der Waals surface area contributed by atoms with Gasteiger partial charge in [0.1, 0.15) is 18.0 Å². The molecule has 1 aliphatic rings. The Balaban J connectivity index is 2.14. The van der Waals surface area contributed by atoms with Crippen LogP contribution in [0.2, 0.25) is 0 Å². The van der Waals surface area contributed by atoms with Gasteiger partial charge in [0.25, 0.3) is 0 Å². The van der Waals surface area contributed by atoms with Crippen molar-refractivity contribution in [2.24, 2.45) is 4.99 Å². The highest BCUT2D eigenvalue weighted by Gasteiger charge is 2.23. The molecule has 1 aromatic rings. The van der Waals surface area contributed by atoms with E-state index in [9.17, 15) is 0 Å². The average molecular weight is 301 g/mol. The molecule has 2 rings (SSSR count). The molecule has 0 spiro atoms. The lowest BCUT2D eigenvalue weighted by atomic mass is 10.1. The first-order valence-corrected chi connectivity index (χ1v) is 7.40. The Kier molecular flexibility index (Phi) is 5.54. The van der Waals surface area contributed by atoms with E-state index in [4.69, 9.17) is 15.9 Å². The highest BCUT2D eigenvalue weighted by atomic mass is 16.5. The van der Waals surface area contributed by atoms with Gasteiger partial charge in [-0.25, -0.2) is 4.99 Å². The standard InChI is InChI=1S/C17H23N3O2/c1-5-10-18-17(20-13-6-7-13)19-12(2)15-11-14(21-3)8-9-16(15)22-4/h1,8-9,11-13H,6-7,10H2,2-4H3,(H2,18,19,20). The third kappa shape index (κ3) is 4.32. The summed E-state index contributed by atoms with van der Waals surface area (Å²) in [7, 11) is 3.31. The largest absolute Gasteiger partial charge is 0.497 e. The number of hydrogen-bond donors (Lipinski definition) is 2. The number of aliphatic imine (C=N–C) groups is 1. The SMILES string of the molecule is C#CCN=C(NC1CC1)NC(C)c1cc(OC)ccc1OC. The molecule has 0 aliphatic heterocycles. The van der Waals surface area contributed by atoms with E-state index in [2.05, 4.69) is 28.5 Å². The topological polar surface area (TPSA) is 54.9 Å². The van der Waals surface area contributed by atoms with Gasteiger partial charge in [0.05, 0.1) is 20.3 Å². The van der Waals surface area contributed by atoms with E-state index in [1.54, 1.807) is 14.2 Å². The molecule has 1 unspecified atom stereocenters. The molecule has 1 aromatic carbocycles. The maximum atomic E-state index is 5.43. The number of nitrogens with zero attached hydrogens (tertiary/aromatic N) is 1. The molecular weight excluding hydrogens is 278 g/mol. The minimum atomic E-state index is 0.00724. The summed E-state index contributed by atoms with van der Waals surface area (Å²) in [5.74, 6) is 4.87. The van der Waals surface area contributed by atoms with Crippen LogP contribution in [-0.4, -0.2) is 32.8 Å². The first-order chi connectivity index (χ1) is 10.7. The molecule has 0 amide bonds. The number of guanidine groups is 1. The molecule has 118 valence electrons. The van der Waals surface area contributed by atoms with Crippen molar-refractivity contribution in [3.8, 4) is 23.8 Å². The molecule has 0 aromatic heterocycles. The first kappa shape index (κ1) is 16.0. The van der Waals surface area contributed by atoms with Crippen molar-refractivity contribution in [2.75, 3.05) is 20.8 Å². The smallest absolute Gasteiger partial charge is 0.192 e. The number of hydrogen-bond acceptors (Lipinski definition) is 3. The summed E-state index contributed by atoms with van der Waals surface area (Å²) in [5.41, 5.74) is 1.01. The molecule has 0 heterocycles. The van der Waals surface area contributed by atoms with Crippen LogP contribution in [0, 0.1) is 12.3 Å². The summed E-state index contributed by atoms with van der Waals surface area (Å²) in [6, 6.07) is 6.26. The van der Waals surface area contributed by atoms with Crippen LogP contribution in [0.5, 0.6) is 11.5 Å². The number of nitrogens with one attached hydrogen (secondary N) is 2. The summed E-state index contributed by atoms with van der Waals surface area (Å²) >= 11 is 0. The first-order valence-electron chi connectivity index (χ1n) is 7.40. The monoisotopic (exact) mass is 301 g/mol. The zero-order valence-corrected chi connectivity index (χ0v) is 13.3. The van der Waals surface area contributed by atoms with Gasteiger partial charge in [-0.2, -0.15) is 0 Å². The maximum Gasteiger partial charge on any atom is 0.192 e. The molecule has 1 aliphatic carbocycles. The van der Waals surface area contributed by atoms with Crippen molar-refractivity contribution in [1.82, 2.24) is 10.6 Å². The predicted molar refractivity (Wildman–Crippen MR) is 88.4 cm³/mol. The molecule has 2 N–H and O–H groups in total. The van der Waals surface area contributed by atoms with Gasteiger partial charge in [-0.1, -0.05) is 5.92 Å². The number of rotatable bonds is 6. The third-order valence-corrected chi connectivity index (χ3v) is 3.50. The molecule has 0 saturated heterocycles. The number of ether oxygens (including phenoxy) is 2. The second-order valence-electron chi connectivity index (χ2n) is 5.26. The lowest BCUT2D eigenvalue weighted by Crippen LogP contribution is -2.40. The molecular formula is C17H23N3O2. The van der Waals surface area contributed by atoms with E-state index < -0.39 is 0 Å². The number of terminal acetylenes is 1. The second-order valence-corrected chi connectivity index (χ2v) is 5.26. The summed E-state index contributed by atoms with van der Waals surface area (Å²) < 4.78 is 10.7. The normalized spacial score (nSPS) is 15.6. The summed E-state index contributed by atoms with van der Waals surface area (Å²) in [6.45, 7) is 2.40. The zero-order chi connectivity index (χ0) is 15.9. The van der Waals surface area contributed by atoms with Crippen LogP contribution in [0.4, 0.5) is 0 Å². The second kappa shape index (κ2) is 7.60. The van der Waals surface area contributed by atoms with Gasteiger partial charge in [-0.15, -0.1) is 6.42 Å². The lowest BCUT2D eigenvalue weighted by molar-refractivity contribution is 0.394. The van der Waals surface area contributed by atoms with E-state index in [1.807, 2.05) is 18.2 Å². The number of benzene rings is 1. The van der Waals surface area contributed by atoms with Gasteiger partial charge in [0.2, 0.25) is 0 Å². The van der Waals surface area contributed by atoms with Crippen LogP contribution in [0.1, 0.15) is 31.4 Å². The van der Waals surface area contributed by atoms with Gasteiger partial charge < -0.3 is 20.1 Å². The van der Waals surface area contributed by atoms with Crippen molar-refractivity contribution in [2.45, 2.75) is 31.8 Å². The fourth-order valence-corrected chi connectivity index (χ4v) is 2.14. The highest BCUT2D eigenvalue weighted by Crippen LogP contribution is 2.29. The van der Waals surface area contributed by atoms with E-state index >= 15 is 0 Å². The van der Waals surface area contributed by atoms with Crippen molar-refractivity contribution < 1.29 is 9.47 Å². The molecule has 0 bridgehead atoms. The molecule has 0 radical (unpaired) electrons. The molecule has 22 heavy (non-hydrogen) atoms. The highest BCUT2D eigenvalue weighted by molar-refractivity contribution is 5.81. The molecule has 1 atom stereocenters. The van der Waals surface area contributed by atoms with Crippen LogP contribution < -0.4 is 20.1 Å². The van der Waals surface area contributed by atoms with Crippen LogP contribution in [0.25, 0.3) is 0 Å². The quantitative estimate of drug-likeness (QED) is 0.480. The Bertz CT molecular complexity index is 574. The fraction of sp³-hybridized carbons (Fsp3) is 0.471. The lowest BCUT2D eigenvalue weighted by Gasteiger charge is -2.21. The Morgan fingerprint density at radius 1 is 1.41 bits per heavy atom. The molecule has 1 saturated carbocycles. The maximum absolute atomic E-state index is 5.43. The van der Waals surface area contributed by atoms with Crippen molar-refractivity contribution in [3.05, 3.63) is 23.8 Å². The van der Waals surface area contributed by atoms with E-state index in [0.29, 0.717) is 12.6 Å². The average Bonchev–Trinajstić information content (AvgIpc) is 3.35. The van der Waals surface area contributed by atoms with Gasteiger partial charge in [0, 0.05) is 11.6 Å². The zero-order valence-electron chi connectivity index (χ0n) is 13.3. The Morgan fingerprint density at radius 3 is 2.77 bits per heavy atom. The minimum Gasteiger partial charge on any atom is -0.497 e. The minimum absolute atomic E-state index is 0.00724. The van der Waals surface area contributed by atoms with Crippen LogP contribution in [0.3, 0.4) is 0 Å². The van der Waals surface area contributed by atoms with Gasteiger partial charge >= 0.3 is 0 Å². The van der Waals surface area contributed by atoms with Crippen LogP contribution in [0.15, 0.2) is 23.2 Å². The Labute approximate surface area is 132 Å². The summed E-state index contributed by atoms with van der Waals surface area (Å²) in [5, 5.41) is 6.74. The van der Waals surface area contributed by atoms with Crippen LogP contribution in [-0.2, 0) is 0 Å². The number of methoxy groups -OCH3 is 2. The Hall–Kier alpha value is -2.35. The van der Waals surface area contributed by atoms with E-state index in [1.165, 1.54) is 12.8 Å². The van der Waals surface area contributed by atoms with Gasteiger partial charge in [-0.05, 0) is 38.0 Å². The van der Waals surface area contributed by atoms with Crippen LogP contribution >= 0.6 is 0 Å². The predicted octanol–water partition coefficient (Wildman–Crippen LogP) is 2.10. The molecule has 5 nitrogen and oxygen atoms in total. The summed E-state index contributed by atoms with van der Waals surface area (Å²) in [4.78, 5) is 4.37.